The predicted molar refractivity (Wildman–Crippen MR) is 109 cm³/mol. The highest BCUT2D eigenvalue weighted by molar-refractivity contribution is 5.40. The number of likely N-dealkylation sites (tertiary alicyclic amines) is 1. The molecule has 0 bridgehead atoms. The van der Waals surface area contributed by atoms with E-state index in [0.29, 0.717) is 6.04 Å². The summed E-state index contributed by atoms with van der Waals surface area (Å²) in [5, 5.41) is 0. The molecule has 2 unspecified atom stereocenters. The van der Waals surface area contributed by atoms with Gasteiger partial charge in [-0.25, -0.2) is 0 Å². The maximum Gasteiger partial charge on any atom is 0.119 e. The Balaban J connectivity index is 1.12. The van der Waals surface area contributed by atoms with Gasteiger partial charge in [-0.05, 0) is 81.4 Å². The largest absolute Gasteiger partial charge is 0.492 e. The van der Waals surface area contributed by atoms with E-state index in [9.17, 15) is 0 Å². The average Bonchev–Trinajstić information content (AvgIpc) is 3.37. The molecule has 0 spiro atoms. The van der Waals surface area contributed by atoms with E-state index in [4.69, 9.17) is 4.74 Å². The number of benzene rings is 1. The summed E-state index contributed by atoms with van der Waals surface area (Å²) in [5.41, 5.74) is 3.10. The van der Waals surface area contributed by atoms with Crippen molar-refractivity contribution in [3.8, 4) is 5.75 Å². The minimum atomic E-state index is 0.670. The summed E-state index contributed by atoms with van der Waals surface area (Å²) < 4.78 is 6.16. The molecule has 4 aliphatic rings. The van der Waals surface area contributed by atoms with Crippen LogP contribution < -0.4 is 4.74 Å². The van der Waals surface area contributed by atoms with Crippen LogP contribution in [-0.4, -0.2) is 73.2 Å². The Labute approximate surface area is 164 Å². The molecule has 2 atom stereocenters. The number of ether oxygens (including phenoxy) is 1. The second-order valence-electron chi connectivity index (χ2n) is 8.99. The van der Waals surface area contributed by atoms with Crippen LogP contribution in [0.15, 0.2) is 18.2 Å². The van der Waals surface area contributed by atoms with Crippen molar-refractivity contribution in [1.29, 1.82) is 0 Å². The van der Waals surface area contributed by atoms with Crippen molar-refractivity contribution in [3.05, 3.63) is 29.3 Å². The van der Waals surface area contributed by atoms with Crippen molar-refractivity contribution in [1.82, 2.24) is 14.7 Å². The van der Waals surface area contributed by atoms with Gasteiger partial charge >= 0.3 is 0 Å². The lowest BCUT2D eigenvalue weighted by molar-refractivity contribution is 0.0432. The Hall–Kier alpha value is -1.10. The van der Waals surface area contributed by atoms with E-state index in [1.807, 2.05) is 0 Å². The van der Waals surface area contributed by atoms with Crippen molar-refractivity contribution >= 4 is 0 Å². The van der Waals surface area contributed by atoms with Crippen LogP contribution in [0.4, 0.5) is 0 Å². The lowest BCUT2D eigenvalue weighted by Gasteiger charge is -2.44. The molecule has 5 rings (SSSR count). The minimum absolute atomic E-state index is 0.670. The van der Waals surface area contributed by atoms with Crippen molar-refractivity contribution in [3.63, 3.8) is 0 Å². The number of fused-ring (bicyclic) bond motifs is 2. The topological polar surface area (TPSA) is 19.0 Å². The molecular formula is C23H35N3O. The van der Waals surface area contributed by atoms with Crippen LogP contribution in [0.2, 0.25) is 0 Å². The summed E-state index contributed by atoms with van der Waals surface area (Å²) >= 11 is 0. The Morgan fingerprint density at radius 1 is 0.889 bits per heavy atom. The molecule has 3 saturated heterocycles. The highest BCUT2D eigenvalue weighted by Crippen LogP contribution is 2.38. The number of rotatable bonds is 5. The Morgan fingerprint density at radius 3 is 2.67 bits per heavy atom. The molecule has 3 aliphatic heterocycles. The number of nitrogens with zero attached hydrogens (tertiary/aromatic N) is 3. The third-order valence-corrected chi connectivity index (χ3v) is 7.34. The number of piperidine rings is 1. The summed E-state index contributed by atoms with van der Waals surface area (Å²) in [4.78, 5) is 8.01. The van der Waals surface area contributed by atoms with Crippen LogP contribution in [0.3, 0.4) is 0 Å². The number of aryl methyl sites for hydroxylation is 1. The van der Waals surface area contributed by atoms with Gasteiger partial charge in [-0.15, -0.1) is 0 Å². The Kier molecular flexibility index (Phi) is 5.39. The van der Waals surface area contributed by atoms with E-state index in [1.54, 1.807) is 5.56 Å². The fraction of sp³-hybridized carbons (Fsp3) is 0.739. The van der Waals surface area contributed by atoms with Crippen molar-refractivity contribution in [2.24, 2.45) is 0 Å². The fourth-order valence-corrected chi connectivity index (χ4v) is 5.81. The van der Waals surface area contributed by atoms with Gasteiger partial charge in [0.15, 0.2) is 0 Å². The van der Waals surface area contributed by atoms with Crippen LogP contribution in [0.5, 0.6) is 5.75 Å². The van der Waals surface area contributed by atoms with Crippen LogP contribution in [0.1, 0.15) is 55.7 Å². The van der Waals surface area contributed by atoms with Crippen LogP contribution >= 0.6 is 0 Å². The molecule has 0 N–H and O–H groups in total. The van der Waals surface area contributed by atoms with Crippen LogP contribution in [-0.2, 0) is 6.42 Å². The molecule has 4 heteroatoms. The van der Waals surface area contributed by atoms with E-state index in [0.717, 1.165) is 24.9 Å². The molecule has 0 saturated carbocycles. The molecular weight excluding hydrogens is 334 g/mol. The van der Waals surface area contributed by atoms with E-state index >= 15 is 0 Å². The van der Waals surface area contributed by atoms with E-state index < -0.39 is 0 Å². The normalized spacial score (nSPS) is 29.6. The highest BCUT2D eigenvalue weighted by atomic mass is 16.5. The lowest BCUT2D eigenvalue weighted by atomic mass is 9.99. The first kappa shape index (κ1) is 18.0. The first-order chi connectivity index (χ1) is 13.4. The van der Waals surface area contributed by atoms with Gasteiger partial charge in [0, 0.05) is 38.3 Å². The fourth-order valence-electron chi connectivity index (χ4n) is 5.81. The number of hydrogen-bond acceptors (Lipinski definition) is 4. The van der Waals surface area contributed by atoms with E-state index in [1.165, 1.54) is 89.8 Å². The SMILES string of the molecule is c1cc2c(cc1OCCN1CCN3CCCCC3C1)CCC2N1CCCC1. The third kappa shape index (κ3) is 3.90. The molecule has 27 heavy (non-hydrogen) atoms. The van der Waals surface area contributed by atoms with Crippen molar-refractivity contribution < 1.29 is 4.74 Å². The maximum absolute atomic E-state index is 6.16. The number of piperazine rings is 1. The second kappa shape index (κ2) is 8.10. The van der Waals surface area contributed by atoms with Gasteiger partial charge in [-0.1, -0.05) is 12.5 Å². The Bertz CT molecular complexity index is 643. The molecule has 0 amide bonds. The second-order valence-corrected chi connectivity index (χ2v) is 8.99. The van der Waals surface area contributed by atoms with Gasteiger partial charge < -0.3 is 4.74 Å². The van der Waals surface area contributed by atoms with E-state index in [2.05, 4.69) is 32.9 Å². The molecule has 1 aliphatic carbocycles. The molecule has 4 nitrogen and oxygen atoms in total. The van der Waals surface area contributed by atoms with Gasteiger partial charge in [0.25, 0.3) is 0 Å². The van der Waals surface area contributed by atoms with Crippen LogP contribution in [0.25, 0.3) is 0 Å². The van der Waals surface area contributed by atoms with Crippen LogP contribution in [0, 0.1) is 0 Å². The molecule has 1 aromatic carbocycles. The van der Waals surface area contributed by atoms with Gasteiger partial charge in [0.1, 0.15) is 12.4 Å². The summed E-state index contributed by atoms with van der Waals surface area (Å²) in [6.07, 6.45) is 9.47. The molecule has 3 fully saturated rings. The smallest absolute Gasteiger partial charge is 0.119 e. The van der Waals surface area contributed by atoms with Gasteiger partial charge in [-0.2, -0.15) is 0 Å². The van der Waals surface area contributed by atoms with Gasteiger partial charge in [0.2, 0.25) is 0 Å². The Morgan fingerprint density at radius 2 is 1.74 bits per heavy atom. The molecule has 3 heterocycles. The van der Waals surface area contributed by atoms with E-state index in [-0.39, 0.29) is 0 Å². The third-order valence-electron chi connectivity index (χ3n) is 7.34. The summed E-state index contributed by atoms with van der Waals surface area (Å²) in [6, 6.07) is 8.36. The highest BCUT2D eigenvalue weighted by Gasteiger charge is 2.30. The van der Waals surface area contributed by atoms with Gasteiger partial charge in [-0.3, -0.25) is 14.7 Å². The minimum Gasteiger partial charge on any atom is -0.492 e. The number of hydrogen-bond donors (Lipinski definition) is 0. The quantitative estimate of drug-likeness (QED) is 0.792. The predicted octanol–water partition coefficient (Wildman–Crippen LogP) is 3.32. The molecule has 148 valence electrons. The first-order valence-corrected chi connectivity index (χ1v) is 11.3. The van der Waals surface area contributed by atoms with Gasteiger partial charge in [0.05, 0.1) is 0 Å². The molecule has 0 radical (unpaired) electrons. The first-order valence-electron chi connectivity index (χ1n) is 11.3. The molecule has 0 aromatic heterocycles. The molecule has 1 aromatic rings. The van der Waals surface area contributed by atoms with Crippen molar-refractivity contribution in [2.45, 2.75) is 57.0 Å². The standard InChI is InChI=1S/C23H35N3O/c1-2-10-25-14-13-24(18-20(25)5-1)15-16-27-21-7-8-22-19(17-21)6-9-23(22)26-11-3-4-12-26/h7-8,17,20,23H,1-6,9-16,18H2. The zero-order valence-corrected chi connectivity index (χ0v) is 16.7. The maximum atomic E-state index is 6.16. The van der Waals surface area contributed by atoms with Crippen molar-refractivity contribution in [2.75, 3.05) is 52.4 Å². The summed E-state index contributed by atoms with van der Waals surface area (Å²) in [5.74, 6) is 1.08. The zero-order valence-electron chi connectivity index (χ0n) is 16.7. The monoisotopic (exact) mass is 369 g/mol. The average molecular weight is 370 g/mol. The summed E-state index contributed by atoms with van der Waals surface area (Å²) in [6.45, 7) is 9.49. The zero-order chi connectivity index (χ0) is 18.1. The lowest BCUT2D eigenvalue weighted by Crippen LogP contribution is -2.55. The summed E-state index contributed by atoms with van der Waals surface area (Å²) in [7, 11) is 0.